The van der Waals surface area contributed by atoms with E-state index in [1.54, 1.807) is 24.3 Å². The van der Waals surface area contributed by atoms with Crippen LogP contribution in [0.3, 0.4) is 0 Å². The van der Waals surface area contributed by atoms with E-state index in [9.17, 15) is 14.4 Å². The van der Waals surface area contributed by atoms with E-state index in [4.69, 9.17) is 5.11 Å². The average Bonchev–Trinajstić information content (AvgIpc) is 2.28. The molecule has 5 nitrogen and oxygen atoms in total. The highest BCUT2D eigenvalue weighted by Crippen LogP contribution is 2.03. The Morgan fingerprint density at radius 1 is 1.24 bits per heavy atom. The molecule has 0 saturated carbocycles. The van der Waals surface area contributed by atoms with Crippen LogP contribution >= 0.6 is 0 Å². The number of aliphatic carboxylic acids is 1. The van der Waals surface area contributed by atoms with Gasteiger partial charge in [-0.25, -0.2) is 0 Å². The maximum atomic E-state index is 11.1. The highest BCUT2D eigenvalue weighted by atomic mass is 16.4. The minimum Gasteiger partial charge on any atom is -0.481 e. The van der Waals surface area contributed by atoms with E-state index in [1.165, 1.54) is 6.08 Å². The van der Waals surface area contributed by atoms with Crippen molar-refractivity contribution in [3.05, 3.63) is 41.6 Å². The van der Waals surface area contributed by atoms with Gasteiger partial charge in [-0.05, 0) is 11.6 Å². The monoisotopic (exact) mass is 233 g/mol. The van der Waals surface area contributed by atoms with Gasteiger partial charge in [0.05, 0.1) is 5.70 Å². The Labute approximate surface area is 97.8 Å². The molecule has 88 valence electrons. The molecule has 5 heteroatoms. The second-order valence-electron chi connectivity index (χ2n) is 3.25. The number of amides is 1. The van der Waals surface area contributed by atoms with Gasteiger partial charge in [-0.3, -0.25) is 14.4 Å². The van der Waals surface area contributed by atoms with Gasteiger partial charge in [0.1, 0.15) is 6.42 Å². The number of hydrogen-bond acceptors (Lipinski definition) is 3. The van der Waals surface area contributed by atoms with Gasteiger partial charge in [0.15, 0.2) is 6.29 Å². The van der Waals surface area contributed by atoms with Crippen LogP contribution in [0.5, 0.6) is 0 Å². The fourth-order valence-corrected chi connectivity index (χ4v) is 1.17. The molecule has 0 unspecified atom stereocenters. The standard InChI is InChI=1S/C12H11NO4/c14-8-10(13-11(15)7-12(16)17)6-9-4-2-1-3-5-9/h1-6,8H,7H2,(H,13,15)(H,16,17). The third kappa shape index (κ3) is 4.74. The Morgan fingerprint density at radius 2 is 1.88 bits per heavy atom. The zero-order valence-electron chi connectivity index (χ0n) is 8.92. The first kappa shape index (κ1) is 12.6. The molecule has 0 bridgehead atoms. The molecule has 0 aromatic heterocycles. The number of rotatable bonds is 5. The fraction of sp³-hybridized carbons (Fsp3) is 0.0833. The molecule has 0 aliphatic heterocycles. The van der Waals surface area contributed by atoms with Gasteiger partial charge < -0.3 is 10.4 Å². The van der Waals surface area contributed by atoms with Gasteiger partial charge in [0.25, 0.3) is 0 Å². The molecular formula is C12H11NO4. The van der Waals surface area contributed by atoms with E-state index >= 15 is 0 Å². The number of aldehydes is 1. The predicted molar refractivity (Wildman–Crippen MR) is 60.9 cm³/mol. The number of nitrogens with one attached hydrogen (secondary N) is 1. The number of carbonyl (C=O) groups excluding carboxylic acids is 2. The van der Waals surface area contributed by atoms with Crippen molar-refractivity contribution in [1.29, 1.82) is 0 Å². The van der Waals surface area contributed by atoms with Crippen LogP contribution in [0, 0.1) is 0 Å². The summed E-state index contributed by atoms with van der Waals surface area (Å²) in [6, 6.07) is 8.90. The smallest absolute Gasteiger partial charge is 0.312 e. The van der Waals surface area contributed by atoms with Crippen molar-refractivity contribution in [2.45, 2.75) is 6.42 Å². The molecule has 0 fully saturated rings. The van der Waals surface area contributed by atoms with Gasteiger partial charge in [-0.1, -0.05) is 30.3 Å². The first-order chi connectivity index (χ1) is 8.11. The van der Waals surface area contributed by atoms with Crippen LogP contribution in [0.4, 0.5) is 0 Å². The summed E-state index contributed by atoms with van der Waals surface area (Å²) in [4.78, 5) is 32.1. The van der Waals surface area contributed by atoms with Crippen molar-refractivity contribution in [3.63, 3.8) is 0 Å². The molecule has 0 atom stereocenters. The molecule has 0 spiro atoms. The van der Waals surface area contributed by atoms with E-state index in [2.05, 4.69) is 5.32 Å². The van der Waals surface area contributed by atoms with Crippen LogP contribution in [0.2, 0.25) is 0 Å². The zero-order chi connectivity index (χ0) is 12.7. The fourth-order valence-electron chi connectivity index (χ4n) is 1.17. The number of allylic oxidation sites excluding steroid dienone is 1. The summed E-state index contributed by atoms with van der Waals surface area (Å²) in [6.45, 7) is 0. The van der Waals surface area contributed by atoms with Crippen LogP contribution in [0.25, 0.3) is 6.08 Å². The number of hydrogen-bond donors (Lipinski definition) is 2. The van der Waals surface area contributed by atoms with Crippen LogP contribution in [-0.4, -0.2) is 23.3 Å². The van der Waals surface area contributed by atoms with Crippen molar-refractivity contribution in [2.24, 2.45) is 0 Å². The molecule has 1 amide bonds. The van der Waals surface area contributed by atoms with Crippen LogP contribution in [0.15, 0.2) is 36.0 Å². The maximum Gasteiger partial charge on any atom is 0.312 e. The summed E-state index contributed by atoms with van der Waals surface area (Å²) in [6.07, 6.45) is 1.26. The van der Waals surface area contributed by atoms with Gasteiger partial charge >= 0.3 is 5.97 Å². The largest absolute Gasteiger partial charge is 0.481 e. The molecule has 0 heterocycles. The van der Waals surface area contributed by atoms with Crippen molar-refractivity contribution in [3.8, 4) is 0 Å². The summed E-state index contributed by atoms with van der Waals surface area (Å²) in [7, 11) is 0. The summed E-state index contributed by atoms with van der Waals surface area (Å²) in [5, 5.41) is 10.6. The number of carboxylic acids is 1. The van der Waals surface area contributed by atoms with Crippen LogP contribution < -0.4 is 5.32 Å². The number of benzene rings is 1. The molecule has 0 saturated heterocycles. The predicted octanol–water partition coefficient (Wildman–Crippen LogP) is 0.817. The number of carboxylic acid groups (broad SMARTS) is 1. The lowest BCUT2D eigenvalue weighted by molar-refractivity contribution is -0.140. The Bertz CT molecular complexity index is 451. The molecule has 0 aliphatic carbocycles. The lowest BCUT2D eigenvalue weighted by atomic mass is 10.2. The highest BCUT2D eigenvalue weighted by Gasteiger charge is 2.08. The van der Waals surface area contributed by atoms with Crippen molar-refractivity contribution < 1.29 is 19.5 Å². The third-order valence-corrected chi connectivity index (χ3v) is 1.84. The van der Waals surface area contributed by atoms with E-state index in [-0.39, 0.29) is 5.70 Å². The molecule has 0 radical (unpaired) electrons. The van der Waals surface area contributed by atoms with Gasteiger partial charge in [-0.15, -0.1) is 0 Å². The second-order valence-corrected chi connectivity index (χ2v) is 3.25. The lowest BCUT2D eigenvalue weighted by Gasteiger charge is -2.02. The van der Waals surface area contributed by atoms with Crippen molar-refractivity contribution >= 4 is 24.2 Å². The third-order valence-electron chi connectivity index (χ3n) is 1.84. The number of carbonyl (C=O) groups is 3. The molecular weight excluding hydrogens is 222 g/mol. The van der Waals surface area contributed by atoms with Gasteiger partial charge in [0.2, 0.25) is 5.91 Å². The summed E-state index contributed by atoms with van der Waals surface area (Å²) in [5.74, 6) is -1.97. The van der Waals surface area contributed by atoms with Crippen molar-refractivity contribution in [2.75, 3.05) is 0 Å². The Hall–Kier alpha value is -2.43. The Balaban J connectivity index is 2.72. The summed E-state index contributed by atoms with van der Waals surface area (Å²) >= 11 is 0. The molecule has 0 aliphatic rings. The highest BCUT2D eigenvalue weighted by molar-refractivity contribution is 5.97. The van der Waals surface area contributed by atoms with Crippen LogP contribution in [0.1, 0.15) is 12.0 Å². The first-order valence-corrected chi connectivity index (χ1v) is 4.85. The lowest BCUT2D eigenvalue weighted by Crippen LogP contribution is -2.25. The second kappa shape index (κ2) is 6.22. The average molecular weight is 233 g/mol. The SMILES string of the molecule is O=CC(=Cc1ccccc1)NC(=O)CC(=O)O. The van der Waals surface area contributed by atoms with E-state index in [0.717, 1.165) is 5.56 Å². The summed E-state index contributed by atoms with van der Waals surface area (Å²) < 4.78 is 0. The quantitative estimate of drug-likeness (QED) is 0.448. The Kier molecular flexibility index (Phi) is 4.62. The topological polar surface area (TPSA) is 83.5 Å². The Morgan fingerprint density at radius 3 is 2.41 bits per heavy atom. The maximum absolute atomic E-state index is 11.1. The van der Waals surface area contributed by atoms with Crippen molar-refractivity contribution in [1.82, 2.24) is 5.32 Å². The molecule has 17 heavy (non-hydrogen) atoms. The van der Waals surface area contributed by atoms with E-state index < -0.39 is 18.3 Å². The zero-order valence-corrected chi connectivity index (χ0v) is 8.92. The molecule has 2 N–H and O–H groups in total. The minimum atomic E-state index is -1.24. The molecule has 1 rings (SSSR count). The van der Waals surface area contributed by atoms with Crippen LogP contribution in [-0.2, 0) is 14.4 Å². The summed E-state index contributed by atoms with van der Waals surface area (Å²) in [5.41, 5.74) is 0.771. The van der Waals surface area contributed by atoms with E-state index in [1.807, 2.05) is 6.07 Å². The van der Waals surface area contributed by atoms with Gasteiger partial charge in [-0.2, -0.15) is 0 Å². The van der Waals surface area contributed by atoms with E-state index in [0.29, 0.717) is 6.29 Å². The van der Waals surface area contributed by atoms with Gasteiger partial charge in [0, 0.05) is 0 Å². The molecule has 1 aromatic rings. The first-order valence-electron chi connectivity index (χ1n) is 4.85. The normalized spacial score (nSPS) is 10.7. The minimum absolute atomic E-state index is 0.0300. The molecule has 1 aromatic carbocycles.